The summed E-state index contributed by atoms with van der Waals surface area (Å²) in [5.41, 5.74) is 0. The maximum Gasteiger partial charge on any atom is 0.325 e. The summed E-state index contributed by atoms with van der Waals surface area (Å²) in [6.07, 6.45) is 2.41. The highest BCUT2D eigenvalue weighted by atomic mass is 16.5. The van der Waals surface area contributed by atoms with Crippen LogP contribution in [0.2, 0.25) is 0 Å². The van der Waals surface area contributed by atoms with Gasteiger partial charge in [0.2, 0.25) is 5.91 Å². The van der Waals surface area contributed by atoms with E-state index >= 15 is 0 Å². The molecule has 0 aliphatic heterocycles. The van der Waals surface area contributed by atoms with Gasteiger partial charge in [0.25, 0.3) is 0 Å². The predicted octanol–water partition coefficient (Wildman–Crippen LogP) is 1.10. The number of ether oxygens (including phenoxy) is 1. The highest BCUT2D eigenvalue weighted by Gasteiger charge is 2.33. The average Bonchev–Trinajstić information content (AvgIpc) is 2.89. The zero-order valence-corrected chi connectivity index (χ0v) is 9.41. The first-order valence-corrected chi connectivity index (χ1v) is 5.55. The summed E-state index contributed by atoms with van der Waals surface area (Å²) < 4.78 is 5.01. The number of amides is 1. The Morgan fingerprint density at radius 2 is 2.13 bits per heavy atom. The summed E-state index contributed by atoms with van der Waals surface area (Å²) in [6.45, 7) is 4.57. The van der Waals surface area contributed by atoms with Crippen LogP contribution < -0.4 is 5.32 Å². The second-order valence-corrected chi connectivity index (χ2v) is 4.18. The van der Waals surface area contributed by atoms with Crippen LogP contribution in [-0.2, 0) is 14.3 Å². The number of carbonyl (C=O) groups excluding carboxylic acids is 2. The average molecular weight is 213 g/mol. The van der Waals surface area contributed by atoms with E-state index in [1.165, 1.54) is 0 Å². The Kier molecular flexibility index (Phi) is 4.59. The molecule has 0 heterocycles. The smallest absolute Gasteiger partial charge is 0.325 e. The van der Waals surface area contributed by atoms with Crippen molar-refractivity contribution in [2.45, 2.75) is 33.1 Å². The van der Waals surface area contributed by atoms with E-state index in [1.807, 2.05) is 6.92 Å². The zero-order valence-electron chi connectivity index (χ0n) is 9.41. The lowest BCUT2D eigenvalue weighted by molar-refractivity contribution is -0.144. The van der Waals surface area contributed by atoms with Gasteiger partial charge in [-0.2, -0.15) is 0 Å². The molecule has 1 saturated carbocycles. The molecule has 0 radical (unpaired) electrons. The van der Waals surface area contributed by atoms with Gasteiger partial charge in [-0.3, -0.25) is 9.59 Å². The van der Waals surface area contributed by atoms with Crippen molar-refractivity contribution in [3.05, 3.63) is 0 Å². The molecule has 0 aromatic rings. The fourth-order valence-electron chi connectivity index (χ4n) is 1.37. The standard InChI is InChI=1S/C11H19NO3/c1-3-4-10(13)12-6-11(14)15-7-9-5-8(9)2/h8-9H,3-7H2,1-2H3,(H,12,13)/t8-,9-/m1/s1. The maximum atomic E-state index is 11.2. The first kappa shape index (κ1) is 12.0. The number of nitrogens with one attached hydrogen (secondary N) is 1. The van der Waals surface area contributed by atoms with Gasteiger partial charge in [-0.25, -0.2) is 0 Å². The van der Waals surface area contributed by atoms with Crippen LogP contribution in [0.4, 0.5) is 0 Å². The molecule has 86 valence electrons. The van der Waals surface area contributed by atoms with Gasteiger partial charge >= 0.3 is 5.97 Å². The summed E-state index contributed by atoms with van der Waals surface area (Å²) in [7, 11) is 0. The molecule has 0 bridgehead atoms. The Hall–Kier alpha value is -1.06. The Morgan fingerprint density at radius 3 is 2.67 bits per heavy atom. The van der Waals surface area contributed by atoms with Gasteiger partial charge in [-0.15, -0.1) is 0 Å². The molecule has 1 aliphatic carbocycles. The Bertz CT molecular complexity index is 240. The van der Waals surface area contributed by atoms with Gasteiger partial charge in [-0.1, -0.05) is 13.8 Å². The van der Waals surface area contributed by atoms with E-state index in [4.69, 9.17) is 4.74 Å². The van der Waals surface area contributed by atoms with Crippen LogP contribution in [0, 0.1) is 11.8 Å². The van der Waals surface area contributed by atoms with E-state index in [9.17, 15) is 9.59 Å². The fourth-order valence-corrected chi connectivity index (χ4v) is 1.37. The molecule has 0 aromatic heterocycles. The predicted molar refractivity (Wildman–Crippen MR) is 56.1 cm³/mol. The van der Waals surface area contributed by atoms with Gasteiger partial charge in [-0.05, 0) is 24.7 Å². The third-order valence-corrected chi connectivity index (χ3v) is 2.64. The minimum absolute atomic E-state index is 0.0000652. The molecule has 4 heteroatoms. The van der Waals surface area contributed by atoms with Crippen molar-refractivity contribution in [1.29, 1.82) is 0 Å². The molecule has 2 atom stereocenters. The van der Waals surface area contributed by atoms with E-state index in [1.54, 1.807) is 0 Å². The van der Waals surface area contributed by atoms with Crippen molar-refractivity contribution in [2.24, 2.45) is 11.8 Å². The topological polar surface area (TPSA) is 55.4 Å². The summed E-state index contributed by atoms with van der Waals surface area (Å²) in [5, 5.41) is 2.53. The van der Waals surface area contributed by atoms with Crippen LogP contribution in [0.1, 0.15) is 33.1 Å². The molecular weight excluding hydrogens is 194 g/mol. The number of hydrogen-bond donors (Lipinski definition) is 1. The van der Waals surface area contributed by atoms with Crippen LogP contribution in [0.5, 0.6) is 0 Å². The molecule has 0 unspecified atom stereocenters. The molecule has 1 fully saturated rings. The van der Waals surface area contributed by atoms with Crippen molar-refractivity contribution >= 4 is 11.9 Å². The van der Waals surface area contributed by atoms with E-state index in [0.717, 1.165) is 12.8 Å². The number of carbonyl (C=O) groups is 2. The first-order valence-electron chi connectivity index (χ1n) is 5.55. The highest BCUT2D eigenvalue weighted by molar-refractivity contribution is 5.81. The Balaban J connectivity index is 2.00. The molecular formula is C11H19NO3. The molecule has 1 aliphatic rings. The lowest BCUT2D eigenvalue weighted by atomic mass is 10.3. The van der Waals surface area contributed by atoms with Gasteiger partial charge in [0.15, 0.2) is 0 Å². The number of rotatable bonds is 6. The number of hydrogen-bond acceptors (Lipinski definition) is 3. The van der Waals surface area contributed by atoms with Crippen molar-refractivity contribution in [1.82, 2.24) is 5.32 Å². The normalized spacial score (nSPS) is 23.3. The SMILES string of the molecule is CCCC(=O)NCC(=O)OC[C@H]1C[C@H]1C. The summed E-state index contributed by atoms with van der Waals surface area (Å²) >= 11 is 0. The minimum atomic E-state index is -0.335. The van der Waals surface area contributed by atoms with Crippen LogP contribution in [0.25, 0.3) is 0 Å². The molecule has 0 spiro atoms. The summed E-state index contributed by atoms with van der Waals surface area (Å²) in [6, 6.07) is 0. The van der Waals surface area contributed by atoms with E-state index < -0.39 is 0 Å². The highest BCUT2D eigenvalue weighted by Crippen LogP contribution is 2.37. The monoisotopic (exact) mass is 213 g/mol. The van der Waals surface area contributed by atoms with E-state index in [0.29, 0.717) is 24.9 Å². The largest absolute Gasteiger partial charge is 0.464 e. The molecule has 1 rings (SSSR count). The van der Waals surface area contributed by atoms with Gasteiger partial charge < -0.3 is 10.1 Å². The van der Waals surface area contributed by atoms with Gasteiger partial charge in [0, 0.05) is 6.42 Å². The second-order valence-electron chi connectivity index (χ2n) is 4.18. The van der Waals surface area contributed by atoms with Crippen LogP contribution >= 0.6 is 0 Å². The third-order valence-electron chi connectivity index (χ3n) is 2.64. The van der Waals surface area contributed by atoms with E-state index in [-0.39, 0.29) is 18.4 Å². The first-order chi connectivity index (χ1) is 7.13. The Morgan fingerprint density at radius 1 is 1.47 bits per heavy atom. The molecule has 1 N–H and O–H groups in total. The molecule has 0 aromatic carbocycles. The van der Waals surface area contributed by atoms with Crippen LogP contribution in [0.3, 0.4) is 0 Å². The zero-order chi connectivity index (χ0) is 11.3. The molecule has 1 amide bonds. The van der Waals surface area contributed by atoms with Gasteiger partial charge in [0.1, 0.15) is 6.54 Å². The van der Waals surface area contributed by atoms with Crippen molar-refractivity contribution in [3.63, 3.8) is 0 Å². The summed E-state index contributed by atoms with van der Waals surface area (Å²) in [5.74, 6) is 0.806. The lowest BCUT2D eigenvalue weighted by Gasteiger charge is -2.05. The van der Waals surface area contributed by atoms with Crippen molar-refractivity contribution < 1.29 is 14.3 Å². The maximum absolute atomic E-state index is 11.2. The molecule has 4 nitrogen and oxygen atoms in total. The van der Waals surface area contributed by atoms with Crippen LogP contribution in [0.15, 0.2) is 0 Å². The van der Waals surface area contributed by atoms with Crippen molar-refractivity contribution in [2.75, 3.05) is 13.2 Å². The minimum Gasteiger partial charge on any atom is -0.464 e. The Labute approximate surface area is 90.4 Å². The number of esters is 1. The quantitative estimate of drug-likeness (QED) is 0.672. The molecule has 15 heavy (non-hydrogen) atoms. The lowest BCUT2D eigenvalue weighted by Crippen LogP contribution is -2.30. The van der Waals surface area contributed by atoms with Crippen molar-refractivity contribution in [3.8, 4) is 0 Å². The second kappa shape index (κ2) is 5.73. The van der Waals surface area contributed by atoms with Gasteiger partial charge in [0.05, 0.1) is 6.61 Å². The third kappa shape index (κ3) is 4.81. The fraction of sp³-hybridized carbons (Fsp3) is 0.818. The molecule has 0 saturated heterocycles. The summed E-state index contributed by atoms with van der Waals surface area (Å²) in [4.78, 5) is 22.2. The van der Waals surface area contributed by atoms with Crippen LogP contribution in [-0.4, -0.2) is 25.0 Å². The van der Waals surface area contributed by atoms with E-state index in [2.05, 4.69) is 12.2 Å².